The van der Waals surface area contributed by atoms with E-state index in [1.807, 2.05) is 6.07 Å². The van der Waals surface area contributed by atoms with Crippen molar-refractivity contribution in [2.24, 2.45) is 0 Å². The number of piperazine rings is 1. The predicted octanol–water partition coefficient (Wildman–Crippen LogP) is 3.47. The predicted molar refractivity (Wildman–Crippen MR) is 102 cm³/mol. The largest absolute Gasteiger partial charge is 0.433 e. The van der Waals surface area contributed by atoms with E-state index in [1.54, 1.807) is 4.90 Å². The van der Waals surface area contributed by atoms with Crippen molar-refractivity contribution in [2.75, 3.05) is 36.0 Å². The summed E-state index contributed by atoms with van der Waals surface area (Å²) in [6.45, 7) is 10.6. The zero-order valence-corrected chi connectivity index (χ0v) is 16.6. The van der Waals surface area contributed by atoms with Gasteiger partial charge in [-0.3, -0.25) is 0 Å². The van der Waals surface area contributed by atoms with Gasteiger partial charge < -0.3 is 9.80 Å². The standard InChI is InChI=1S/C19H25F3N6/c1-5-13-12-15(26-16(24-13)18(2,3)4)27-8-10-28(11-9-27)17-23-7-6-14(25-17)19(20,21)22/h6-7,12H,5,8-11H2,1-4H3. The van der Waals surface area contributed by atoms with E-state index >= 15 is 0 Å². The number of aromatic nitrogens is 4. The minimum atomic E-state index is -4.47. The van der Waals surface area contributed by atoms with Crippen LogP contribution < -0.4 is 9.80 Å². The molecule has 0 saturated carbocycles. The third-order valence-electron chi connectivity index (χ3n) is 4.62. The van der Waals surface area contributed by atoms with E-state index in [-0.39, 0.29) is 11.4 Å². The van der Waals surface area contributed by atoms with Crippen LogP contribution in [0.5, 0.6) is 0 Å². The van der Waals surface area contributed by atoms with Crippen molar-refractivity contribution >= 4 is 11.8 Å². The number of nitrogens with zero attached hydrogens (tertiary/aromatic N) is 6. The Morgan fingerprint density at radius 3 is 2.18 bits per heavy atom. The Morgan fingerprint density at radius 2 is 1.61 bits per heavy atom. The highest BCUT2D eigenvalue weighted by molar-refractivity contribution is 5.44. The number of hydrogen-bond acceptors (Lipinski definition) is 6. The summed E-state index contributed by atoms with van der Waals surface area (Å²) in [5, 5.41) is 0. The fourth-order valence-electron chi connectivity index (χ4n) is 2.96. The van der Waals surface area contributed by atoms with Gasteiger partial charge in [-0.1, -0.05) is 27.7 Å². The molecule has 2 aromatic rings. The summed E-state index contributed by atoms with van der Waals surface area (Å²) in [6, 6.07) is 2.88. The highest BCUT2D eigenvalue weighted by Gasteiger charge is 2.33. The smallest absolute Gasteiger partial charge is 0.353 e. The first-order valence-corrected chi connectivity index (χ1v) is 9.36. The summed E-state index contributed by atoms with van der Waals surface area (Å²) in [4.78, 5) is 21.0. The monoisotopic (exact) mass is 394 g/mol. The average Bonchev–Trinajstić information content (AvgIpc) is 2.66. The van der Waals surface area contributed by atoms with Gasteiger partial charge in [0.1, 0.15) is 17.3 Å². The van der Waals surface area contributed by atoms with Gasteiger partial charge in [-0.2, -0.15) is 13.2 Å². The maximum atomic E-state index is 12.9. The molecule has 0 aromatic carbocycles. The molecule has 1 saturated heterocycles. The molecule has 1 aliphatic heterocycles. The lowest BCUT2D eigenvalue weighted by Gasteiger charge is -2.36. The highest BCUT2D eigenvalue weighted by atomic mass is 19.4. The van der Waals surface area contributed by atoms with Crippen molar-refractivity contribution in [3.8, 4) is 0 Å². The molecule has 0 aliphatic carbocycles. The zero-order valence-electron chi connectivity index (χ0n) is 16.6. The normalized spacial score (nSPS) is 15.8. The number of rotatable bonds is 3. The van der Waals surface area contributed by atoms with Gasteiger partial charge in [0.05, 0.1) is 0 Å². The zero-order chi connectivity index (χ0) is 20.5. The van der Waals surface area contributed by atoms with Gasteiger partial charge in [0.25, 0.3) is 0 Å². The third-order valence-corrected chi connectivity index (χ3v) is 4.62. The van der Waals surface area contributed by atoms with Crippen LogP contribution >= 0.6 is 0 Å². The van der Waals surface area contributed by atoms with Crippen molar-refractivity contribution in [2.45, 2.75) is 45.7 Å². The van der Waals surface area contributed by atoms with Gasteiger partial charge >= 0.3 is 6.18 Å². The Bertz CT molecular complexity index is 823. The summed E-state index contributed by atoms with van der Waals surface area (Å²) in [7, 11) is 0. The molecule has 0 atom stereocenters. The molecule has 0 radical (unpaired) electrons. The minimum Gasteiger partial charge on any atom is -0.353 e. The van der Waals surface area contributed by atoms with E-state index in [2.05, 4.69) is 47.5 Å². The minimum absolute atomic E-state index is 0.113. The van der Waals surface area contributed by atoms with Crippen LogP contribution in [0.4, 0.5) is 24.9 Å². The second-order valence-electron chi connectivity index (χ2n) is 7.86. The Morgan fingerprint density at radius 1 is 0.964 bits per heavy atom. The maximum absolute atomic E-state index is 12.9. The summed E-state index contributed by atoms with van der Waals surface area (Å²) in [5.41, 5.74) is -0.0927. The lowest BCUT2D eigenvalue weighted by atomic mass is 9.95. The average molecular weight is 394 g/mol. The van der Waals surface area contributed by atoms with Gasteiger partial charge in [0, 0.05) is 49.6 Å². The Labute approximate surface area is 162 Å². The molecular formula is C19H25F3N6. The highest BCUT2D eigenvalue weighted by Crippen LogP contribution is 2.28. The van der Waals surface area contributed by atoms with Crippen molar-refractivity contribution in [3.63, 3.8) is 0 Å². The van der Waals surface area contributed by atoms with Crippen LogP contribution in [0.25, 0.3) is 0 Å². The number of anilines is 2. The van der Waals surface area contributed by atoms with Crippen LogP contribution in [0.2, 0.25) is 0 Å². The lowest BCUT2D eigenvalue weighted by Crippen LogP contribution is -2.47. The van der Waals surface area contributed by atoms with Crippen LogP contribution in [-0.2, 0) is 18.0 Å². The van der Waals surface area contributed by atoms with Crippen molar-refractivity contribution in [1.82, 2.24) is 19.9 Å². The first-order chi connectivity index (χ1) is 13.1. The quantitative estimate of drug-likeness (QED) is 0.795. The molecule has 0 spiro atoms. The molecule has 3 heterocycles. The van der Waals surface area contributed by atoms with Crippen LogP contribution in [-0.4, -0.2) is 46.1 Å². The molecule has 0 N–H and O–H groups in total. The van der Waals surface area contributed by atoms with Gasteiger partial charge in [0.15, 0.2) is 0 Å². The number of hydrogen-bond donors (Lipinski definition) is 0. The van der Waals surface area contributed by atoms with Crippen molar-refractivity contribution in [3.05, 3.63) is 35.5 Å². The second kappa shape index (κ2) is 7.52. The van der Waals surface area contributed by atoms with Crippen molar-refractivity contribution < 1.29 is 13.2 Å². The molecule has 9 heteroatoms. The van der Waals surface area contributed by atoms with Crippen LogP contribution in [0.3, 0.4) is 0 Å². The number of alkyl halides is 3. The second-order valence-corrected chi connectivity index (χ2v) is 7.86. The fourth-order valence-corrected chi connectivity index (χ4v) is 2.96. The fraction of sp³-hybridized carbons (Fsp3) is 0.579. The Kier molecular flexibility index (Phi) is 5.45. The molecule has 0 bridgehead atoms. The van der Waals surface area contributed by atoms with Crippen LogP contribution in [0.1, 0.15) is 44.9 Å². The SMILES string of the molecule is CCc1cc(N2CCN(c3nccc(C(F)(F)F)n3)CC2)nc(C(C)(C)C)n1. The molecule has 2 aromatic heterocycles. The molecule has 1 fully saturated rings. The first kappa shape index (κ1) is 20.3. The molecular weight excluding hydrogens is 369 g/mol. The number of aryl methyl sites for hydroxylation is 1. The van der Waals surface area contributed by atoms with E-state index in [0.717, 1.165) is 36.0 Å². The summed E-state index contributed by atoms with van der Waals surface area (Å²) in [5.74, 6) is 1.77. The molecule has 0 unspecified atom stereocenters. The Balaban J connectivity index is 1.76. The molecule has 6 nitrogen and oxygen atoms in total. The molecule has 1 aliphatic rings. The molecule has 152 valence electrons. The number of halogens is 3. The molecule has 28 heavy (non-hydrogen) atoms. The lowest BCUT2D eigenvalue weighted by molar-refractivity contribution is -0.141. The van der Waals surface area contributed by atoms with Crippen LogP contribution in [0.15, 0.2) is 18.3 Å². The molecule has 0 amide bonds. The van der Waals surface area contributed by atoms with Gasteiger partial charge in [-0.25, -0.2) is 19.9 Å². The topological polar surface area (TPSA) is 58.0 Å². The summed E-state index contributed by atoms with van der Waals surface area (Å²) < 4.78 is 38.7. The van der Waals surface area contributed by atoms with Crippen molar-refractivity contribution in [1.29, 1.82) is 0 Å². The van der Waals surface area contributed by atoms with E-state index in [1.165, 1.54) is 0 Å². The van der Waals surface area contributed by atoms with E-state index < -0.39 is 11.9 Å². The molecule has 3 rings (SSSR count). The maximum Gasteiger partial charge on any atom is 0.433 e. The van der Waals surface area contributed by atoms with Gasteiger partial charge in [0.2, 0.25) is 5.95 Å². The third kappa shape index (κ3) is 4.51. The van der Waals surface area contributed by atoms with Gasteiger partial charge in [-0.15, -0.1) is 0 Å². The van der Waals surface area contributed by atoms with E-state index in [4.69, 9.17) is 4.98 Å². The van der Waals surface area contributed by atoms with Crippen LogP contribution in [0, 0.1) is 0 Å². The van der Waals surface area contributed by atoms with Gasteiger partial charge in [-0.05, 0) is 12.5 Å². The van der Waals surface area contributed by atoms with E-state index in [0.29, 0.717) is 26.2 Å². The first-order valence-electron chi connectivity index (χ1n) is 9.36. The summed E-state index contributed by atoms with van der Waals surface area (Å²) in [6.07, 6.45) is -2.50. The summed E-state index contributed by atoms with van der Waals surface area (Å²) >= 11 is 0. The van der Waals surface area contributed by atoms with E-state index in [9.17, 15) is 13.2 Å². The Hall–Kier alpha value is -2.45.